The first-order valence-corrected chi connectivity index (χ1v) is 11.1. The number of nitrogens with one attached hydrogen (secondary N) is 1. The zero-order chi connectivity index (χ0) is 20.5. The molecule has 9 heteroatoms. The van der Waals surface area contributed by atoms with E-state index >= 15 is 0 Å². The fourth-order valence-electron chi connectivity index (χ4n) is 2.91. The zero-order valence-corrected chi connectivity index (χ0v) is 17.5. The van der Waals surface area contributed by atoms with Gasteiger partial charge >= 0.3 is 5.97 Å². The lowest BCUT2D eigenvalue weighted by Gasteiger charge is -2.27. The fraction of sp³-hybridized carbons (Fsp3) is 0.368. The quantitative estimate of drug-likeness (QED) is 0.721. The van der Waals surface area contributed by atoms with Gasteiger partial charge in [0.25, 0.3) is 10.0 Å². The molecule has 0 atom stereocenters. The van der Waals surface area contributed by atoms with E-state index in [9.17, 15) is 13.2 Å². The van der Waals surface area contributed by atoms with Crippen molar-refractivity contribution >= 4 is 38.6 Å². The summed E-state index contributed by atoms with van der Waals surface area (Å²) in [5.74, 6) is -1.00. The Bertz CT molecular complexity index is 1040. The Hall–Kier alpha value is -2.39. The molecule has 0 aliphatic heterocycles. The molecule has 0 saturated carbocycles. The number of aromatic nitrogens is 1. The van der Waals surface area contributed by atoms with Crippen molar-refractivity contribution in [1.82, 2.24) is 4.98 Å². The first kappa shape index (κ1) is 20.3. The Kier molecular flexibility index (Phi) is 5.49. The highest BCUT2D eigenvalue weighted by atomic mass is 32.2. The van der Waals surface area contributed by atoms with Crippen LogP contribution in [0.2, 0.25) is 0 Å². The third-order valence-corrected chi connectivity index (χ3v) is 7.01. The molecule has 0 radical (unpaired) electrons. The lowest BCUT2D eigenvalue weighted by atomic mass is 9.78. The van der Waals surface area contributed by atoms with Gasteiger partial charge in [-0.1, -0.05) is 19.9 Å². The van der Waals surface area contributed by atoms with Crippen molar-refractivity contribution in [2.75, 3.05) is 11.8 Å². The highest BCUT2D eigenvalue weighted by molar-refractivity contribution is 7.92. The minimum Gasteiger partial charge on any atom is -0.495 e. The van der Waals surface area contributed by atoms with Crippen LogP contribution < -0.4 is 9.46 Å². The number of rotatable bonds is 6. The summed E-state index contributed by atoms with van der Waals surface area (Å²) in [6, 6.07) is 3.93. The van der Waals surface area contributed by atoms with Gasteiger partial charge in [-0.2, -0.15) is 8.42 Å². The summed E-state index contributed by atoms with van der Waals surface area (Å²) in [5.41, 5.74) is 1.49. The van der Waals surface area contributed by atoms with E-state index in [1.54, 1.807) is 0 Å². The Balaban J connectivity index is 1.84. The summed E-state index contributed by atoms with van der Waals surface area (Å²) in [4.78, 5) is 15.4. The number of benzene rings is 1. The van der Waals surface area contributed by atoms with Crippen LogP contribution >= 0.6 is 11.3 Å². The topological polar surface area (TPSA) is 106 Å². The molecule has 0 spiro atoms. The molecule has 2 aromatic rings. The molecule has 150 valence electrons. The van der Waals surface area contributed by atoms with Gasteiger partial charge in [-0.3, -0.25) is 4.72 Å². The molecular formula is C19H22N2O5S2. The molecule has 1 aliphatic carbocycles. The van der Waals surface area contributed by atoms with Crippen LogP contribution in [-0.4, -0.2) is 31.6 Å². The Morgan fingerprint density at radius 2 is 2.11 bits per heavy atom. The minimum absolute atomic E-state index is 0.00269. The van der Waals surface area contributed by atoms with Crippen molar-refractivity contribution in [3.63, 3.8) is 0 Å². The number of carboxylic acids is 1. The average molecular weight is 423 g/mol. The van der Waals surface area contributed by atoms with Gasteiger partial charge < -0.3 is 9.84 Å². The molecule has 1 aromatic carbocycles. The SMILES string of the molecule is COc1cc(C(=O)O)ccc1NS(=O)(=O)c1csc(C2=CCC(C)(C)CC2)n1. The van der Waals surface area contributed by atoms with Crippen molar-refractivity contribution in [3.8, 4) is 5.75 Å². The van der Waals surface area contributed by atoms with Gasteiger partial charge in [-0.15, -0.1) is 11.3 Å². The summed E-state index contributed by atoms with van der Waals surface area (Å²) in [7, 11) is -2.58. The number of carbonyl (C=O) groups is 1. The van der Waals surface area contributed by atoms with Crippen LogP contribution in [0.15, 0.2) is 34.7 Å². The number of carboxylic acid groups (broad SMARTS) is 1. The lowest BCUT2D eigenvalue weighted by Crippen LogP contribution is -2.15. The molecule has 0 bridgehead atoms. The molecule has 0 amide bonds. The van der Waals surface area contributed by atoms with Gasteiger partial charge in [0, 0.05) is 5.38 Å². The summed E-state index contributed by atoms with van der Waals surface area (Å²) < 4.78 is 33.0. The number of hydrogen-bond acceptors (Lipinski definition) is 6. The smallest absolute Gasteiger partial charge is 0.335 e. The van der Waals surface area contributed by atoms with E-state index in [1.807, 2.05) is 0 Å². The maximum Gasteiger partial charge on any atom is 0.335 e. The van der Waals surface area contributed by atoms with Gasteiger partial charge in [-0.05, 0) is 48.4 Å². The highest BCUT2D eigenvalue weighted by Crippen LogP contribution is 2.39. The van der Waals surface area contributed by atoms with Crippen molar-refractivity contribution in [2.24, 2.45) is 5.41 Å². The second-order valence-electron chi connectivity index (χ2n) is 7.41. The number of thiazole rings is 1. The number of sulfonamides is 1. The van der Waals surface area contributed by atoms with E-state index in [0.717, 1.165) is 24.8 Å². The van der Waals surface area contributed by atoms with Gasteiger partial charge in [0.05, 0.1) is 18.4 Å². The molecule has 0 unspecified atom stereocenters. The maximum absolute atomic E-state index is 12.7. The van der Waals surface area contributed by atoms with E-state index in [4.69, 9.17) is 9.84 Å². The number of hydrogen-bond donors (Lipinski definition) is 2. The van der Waals surface area contributed by atoms with Gasteiger partial charge in [0.15, 0.2) is 5.03 Å². The summed E-state index contributed by atoms with van der Waals surface area (Å²) >= 11 is 1.30. The molecule has 0 fully saturated rings. The van der Waals surface area contributed by atoms with Crippen molar-refractivity contribution in [1.29, 1.82) is 0 Å². The Morgan fingerprint density at radius 3 is 2.71 bits per heavy atom. The van der Waals surface area contributed by atoms with E-state index in [0.29, 0.717) is 5.01 Å². The summed E-state index contributed by atoms with van der Waals surface area (Å²) in [6.07, 6.45) is 4.99. The van der Waals surface area contributed by atoms with Crippen LogP contribution in [0.5, 0.6) is 5.75 Å². The Labute approximate surface area is 168 Å². The van der Waals surface area contributed by atoms with E-state index in [1.165, 1.54) is 42.0 Å². The third-order valence-electron chi connectivity index (χ3n) is 4.70. The maximum atomic E-state index is 12.7. The second kappa shape index (κ2) is 7.56. The molecule has 3 rings (SSSR count). The van der Waals surface area contributed by atoms with Crippen LogP contribution in [0.1, 0.15) is 48.5 Å². The van der Waals surface area contributed by atoms with Crippen molar-refractivity contribution in [2.45, 2.75) is 38.1 Å². The van der Waals surface area contributed by atoms with Gasteiger partial charge in [0.1, 0.15) is 10.8 Å². The number of aromatic carboxylic acids is 1. The zero-order valence-electron chi connectivity index (χ0n) is 15.9. The minimum atomic E-state index is -3.93. The molecular weight excluding hydrogens is 400 g/mol. The normalized spacial score (nSPS) is 16.3. The first-order chi connectivity index (χ1) is 13.1. The summed E-state index contributed by atoms with van der Waals surface area (Å²) in [6.45, 7) is 4.43. The number of nitrogens with zero attached hydrogens (tertiary/aromatic N) is 1. The average Bonchev–Trinajstić information content (AvgIpc) is 3.12. The number of methoxy groups -OCH3 is 1. The van der Waals surface area contributed by atoms with E-state index < -0.39 is 16.0 Å². The molecule has 28 heavy (non-hydrogen) atoms. The predicted octanol–water partition coefficient (Wildman–Crippen LogP) is 4.24. The molecule has 1 aromatic heterocycles. The van der Waals surface area contributed by atoms with Crippen molar-refractivity contribution < 1.29 is 23.1 Å². The highest BCUT2D eigenvalue weighted by Gasteiger charge is 2.25. The molecule has 1 heterocycles. The first-order valence-electron chi connectivity index (χ1n) is 8.70. The molecule has 2 N–H and O–H groups in total. The fourth-order valence-corrected chi connectivity index (χ4v) is 5.14. The monoisotopic (exact) mass is 422 g/mol. The third kappa shape index (κ3) is 4.36. The molecule has 7 nitrogen and oxygen atoms in total. The van der Waals surface area contributed by atoms with Crippen molar-refractivity contribution in [3.05, 3.63) is 40.2 Å². The van der Waals surface area contributed by atoms with Gasteiger partial charge in [-0.25, -0.2) is 9.78 Å². The van der Waals surface area contributed by atoms with Crippen LogP contribution in [0.3, 0.4) is 0 Å². The van der Waals surface area contributed by atoms with Crippen LogP contribution in [-0.2, 0) is 10.0 Å². The number of ether oxygens (including phenoxy) is 1. The second-order valence-corrected chi connectivity index (χ2v) is 9.90. The predicted molar refractivity (Wildman–Crippen MR) is 108 cm³/mol. The largest absolute Gasteiger partial charge is 0.495 e. The van der Waals surface area contributed by atoms with Gasteiger partial charge in [0.2, 0.25) is 0 Å². The summed E-state index contributed by atoms with van der Waals surface area (Å²) in [5, 5.41) is 11.2. The standard InChI is InChI=1S/C19H22N2O5S2/c1-19(2)8-6-12(7-9-19)17-20-16(11-27-17)28(24,25)21-14-5-4-13(18(22)23)10-15(14)26-3/h4-6,10-11,21H,7-9H2,1-3H3,(H,22,23). The lowest BCUT2D eigenvalue weighted by molar-refractivity contribution is 0.0696. The van der Waals surface area contributed by atoms with E-state index in [2.05, 4.69) is 29.6 Å². The molecule has 0 saturated heterocycles. The van der Waals surface area contributed by atoms with Crippen LogP contribution in [0.25, 0.3) is 5.57 Å². The Morgan fingerprint density at radius 1 is 1.36 bits per heavy atom. The molecule has 1 aliphatic rings. The number of allylic oxidation sites excluding steroid dienone is 2. The number of anilines is 1. The van der Waals surface area contributed by atoms with E-state index in [-0.39, 0.29) is 27.4 Å². The van der Waals surface area contributed by atoms with Crippen LogP contribution in [0.4, 0.5) is 5.69 Å². The van der Waals surface area contributed by atoms with Crippen LogP contribution in [0, 0.1) is 5.41 Å².